The fraction of sp³-hybridized carbons (Fsp3) is 0.375. The molecule has 1 heterocycles. The summed E-state index contributed by atoms with van der Waals surface area (Å²) in [4.78, 5) is 10.9. The Hall–Kier alpha value is -1.94. The number of benzene rings is 1. The third-order valence-electron chi connectivity index (χ3n) is 3.17. The van der Waals surface area contributed by atoms with Crippen molar-refractivity contribution in [1.82, 2.24) is 9.97 Å². The minimum atomic E-state index is 0.139. The summed E-state index contributed by atoms with van der Waals surface area (Å²) in [5.41, 5.74) is 8.18. The van der Waals surface area contributed by atoms with E-state index in [1.807, 2.05) is 32.4 Å². The van der Waals surface area contributed by atoms with Crippen molar-refractivity contribution in [3.05, 3.63) is 53.9 Å². The van der Waals surface area contributed by atoms with Crippen molar-refractivity contribution in [2.45, 2.75) is 25.8 Å². The zero-order valence-electron chi connectivity index (χ0n) is 12.2. The van der Waals surface area contributed by atoms with Crippen LogP contribution in [0, 0.1) is 0 Å². The molecule has 0 aliphatic heterocycles. The average molecular weight is 270 g/mol. The van der Waals surface area contributed by atoms with Crippen molar-refractivity contribution in [2.75, 3.05) is 18.5 Å². The molecular formula is C16H22N4. The lowest BCUT2D eigenvalue weighted by atomic mass is 10.1. The molecule has 1 aromatic heterocycles. The first kappa shape index (κ1) is 14.5. The highest BCUT2D eigenvalue weighted by Crippen LogP contribution is 2.08. The molecule has 2 N–H and O–H groups in total. The van der Waals surface area contributed by atoms with Crippen LogP contribution in [-0.4, -0.2) is 29.6 Å². The first-order chi connectivity index (χ1) is 9.65. The van der Waals surface area contributed by atoms with Gasteiger partial charge in [0.2, 0.25) is 5.95 Å². The van der Waals surface area contributed by atoms with Gasteiger partial charge >= 0.3 is 0 Å². The van der Waals surface area contributed by atoms with Gasteiger partial charge in [-0.3, -0.25) is 0 Å². The van der Waals surface area contributed by atoms with Gasteiger partial charge in [0.1, 0.15) is 0 Å². The van der Waals surface area contributed by atoms with Crippen molar-refractivity contribution in [3.8, 4) is 0 Å². The normalized spacial score (nSPS) is 12.2. The van der Waals surface area contributed by atoms with Crippen LogP contribution in [0.25, 0.3) is 0 Å². The van der Waals surface area contributed by atoms with E-state index in [2.05, 4.69) is 39.1 Å². The molecule has 0 aliphatic rings. The van der Waals surface area contributed by atoms with Crippen LogP contribution in [0.15, 0.2) is 42.7 Å². The van der Waals surface area contributed by atoms with Crippen LogP contribution in [-0.2, 0) is 12.8 Å². The van der Waals surface area contributed by atoms with Gasteiger partial charge in [0, 0.05) is 32.0 Å². The zero-order valence-corrected chi connectivity index (χ0v) is 12.2. The summed E-state index contributed by atoms with van der Waals surface area (Å²) >= 11 is 0. The molecule has 0 bridgehead atoms. The Morgan fingerprint density at radius 1 is 1.10 bits per heavy atom. The number of rotatable bonds is 6. The van der Waals surface area contributed by atoms with Gasteiger partial charge in [-0.05, 0) is 30.9 Å². The lowest BCUT2D eigenvalue weighted by Crippen LogP contribution is -2.23. The zero-order chi connectivity index (χ0) is 14.4. The molecule has 0 amide bonds. The van der Waals surface area contributed by atoms with Gasteiger partial charge in [-0.25, -0.2) is 9.97 Å². The van der Waals surface area contributed by atoms with Gasteiger partial charge < -0.3 is 10.6 Å². The SMILES string of the molecule is CC(N)Cc1cnc(N(C)CCc2ccccc2)nc1. The maximum Gasteiger partial charge on any atom is 0.225 e. The quantitative estimate of drug-likeness (QED) is 0.873. The van der Waals surface area contributed by atoms with Crippen LogP contribution in [0.3, 0.4) is 0 Å². The van der Waals surface area contributed by atoms with Crippen molar-refractivity contribution in [3.63, 3.8) is 0 Å². The van der Waals surface area contributed by atoms with E-state index >= 15 is 0 Å². The topological polar surface area (TPSA) is 55.0 Å². The van der Waals surface area contributed by atoms with Crippen LogP contribution < -0.4 is 10.6 Å². The highest BCUT2D eigenvalue weighted by molar-refractivity contribution is 5.29. The number of anilines is 1. The summed E-state index contributed by atoms with van der Waals surface area (Å²) in [6, 6.07) is 10.6. The monoisotopic (exact) mass is 270 g/mol. The van der Waals surface area contributed by atoms with Gasteiger partial charge in [0.15, 0.2) is 0 Å². The van der Waals surface area contributed by atoms with Crippen LogP contribution in [0.4, 0.5) is 5.95 Å². The van der Waals surface area contributed by atoms with E-state index in [1.54, 1.807) is 0 Å². The molecule has 2 rings (SSSR count). The van der Waals surface area contributed by atoms with Crippen LogP contribution in [0.2, 0.25) is 0 Å². The van der Waals surface area contributed by atoms with E-state index in [0.717, 1.165) is 30.9 Å². The smallest absolute Gasteiger partial charge is 0.225 e. The maximum atomic E-state index is 5.77. The number of likely N-dealkylation sites (N-methyl/N-ethyl adjacent to an activating group) is 1. The minimum Gasteiger partial charge on any atom is -0.344 e. The van der Waals surface area contributed by atoms with E-state index in [4.69, 9.17) is 5.73 Å². The van der Waals surface area contributed by atoms with Gasteiger partial charge in [0.25, 0.3) is 0 Å². The predicted molar refractivity (Wildman–Crippen MR) is 82.8 cm³/mol. The molecule has 20 heavy (non-hydrogen) atoms. The first-order valence-electron chi connectivity index (χ1n) is 6.96. The van der Waals surface area contributed by atoms with E-state index < -0.39 is 0 Å². The Balaban J connectivity index is 1.90. The van der Waals surface area contributed by atoms with Crippen LogP contribution >= 0.6 is 0 Å². The molecule has 1 unspecified atom stereocenters. The van der Waals surface area contributed by atoms with Crippen molar-refractivity contribution >= 4 is 5.95 Å². The summed E-state index contributed by atoms with van der Waals surface area (Å²) in [5, 5.41) is 0. The fourth-order valence-electron chi connectivity index (χ4n) is 2.06. The van der Waals surface area contributed by atoms with E-state index in [-0.39, 0.29) is 6.04 Å². The van der Waals surface area contributed by atoms with E-state index in [1.165, 1.54) is 5.56 Å². The number of nitrogens with zero attached hydrogens (tertiary/aromatic N) is 3. The largest absolute Gasteiger partial charge is 0.344 e. The Bertz CT molecular complexity index is 508. The molecule has 106 valence electrons. The molecular weight excluding hydrogens is 248 g/mol. The summed E-state index contributed by atoms with van der Waals surface area (Å²) < 4.78 is 0. The standard InChI is InChI=1S/C16H22N4/c1-13(17)10-15-11-18-16(19-12-15)20(2)9-8-14-6-4-3-5-7-14/h3-7,11-13H,8-10,17H2,1-2H3. The number of hydrogen-bond donors (Lipinski definition) is 1. The predicted octanol–water partition coefficient (Wildman–Crippen LogP) is 2.05. The Labute approximate surface area is 120 Å². The Morgan fingerprint density at radius 2 is 1.75 bits per heavy atom. The highest BCUT2D eigenvalue weighted by Gasteiger charge is 2.05. The number of hydrogen-bond acceptors (Lipinski definition) is 4. The summed E-state index contributed by atoms with van der Waals surface area (Å²) in [5.74, 6) is 0.759. The van der Waals surface area contributed by atoms with Crippen LogP contribution in [0.5, 0.6) is 0 Å². The lowest BCUT2D eigenvalue weighted by molar-refractivity contribution is 0.730. The molecule has 0 aliphatic carbocycles. The Kier molecular flexibility index (Phi) is 5.07. The third-order valence-corrected chi connectivity index (χ3v) is 3.17. The average Bonchev–Trinajstić information content (AvgIpc) is 2.46. The minimum absolute atomic E-state index is 0.139. The maximum absolute atomic E-state index is 5.77. The molecule has 1 aromatic carbocycles. The van der Waals surface area contributed by atoms with Gasteiger partial charge in [-0.2, -0.15) is 0 Å². The fourth-order valence-corrected chi connectivity index (χ4v) is 2.06. The van der Waals surface area contributed by atoms with Crippen LogP contribution in [0.1, 0.15) is 18.1 Å². The molecule has 2 aromatic rings. The second kappa shape index (κ2) is 7.01. The molecule has 0 saturated carbocycles. The summed E-state index contributed by atoms with van der Waals surface area (Å²) in [7, 11) is 2.02. The molecule has 4 nitrogen and oxygen atoms in total. The number of aromatic nitrogens is 2. The van der Waals surface area contributed by atoms with E-state index in [9.17, 15) is 0 Å². The summed E-state index contributed by atoms with van der Waals surface area (Å²) in [6.45, 7) is 2.89. The molecule has 0 radical (unpaired) electrons. The second-order valence-corrected chi connectivity index (χ2v) is 5.23. The Morgan fingerprint density at radius 3 is 2.35 bits per heavy atom. The highest BCUT2D eigenvalue weighted by atomic mass is 15.2. The number of nitrogens with two attached hydrogens (primary N) is 1. The molecule has 0 spiro atoms. The second-order valence-electron chi connectivity index (χ2n) is 5.23. The van der Waals surface area contributed by atoms with Crippen molar-refractivity contribution in [2.24, 2.45) is 5.73 Å². The molecule has 0 fully saturated rings. The molecule has 4 heteroatoms. The summed E-state index contributed by atoms with van der Waals surface area (Å²) in [6.07, 6.45) is 5.53. The van der Waals surface area contributed by atoms with Crippen molar-refractivity contribution in [1.29, 1.82) is 0 Å². The van der Waals surface area contributed by atoms with E-state index in [0.29, 0.717) is 0 Å². The third kappa shape index (κ3) is 4.31. The molecule has 0 saturated heterocycles. The first-order valence-corrected chi connectivity index (χ1v) is 6.96. The van der Waals surface area contributed by atoms with Gasteiger partial charge in [0.05, 0.1) is 0 Å². The molecule has 1 atom stereocenters. The van der Waals surface area contributed by atoms with Crippen molar-refractivity contribution < 1.29 is 0 Å². The van der Waals surface area contributed by atoms with Gasteiger partial charge in [-0.1, -0.05) is 30.3 Å². The van der Waals surface area contributed by atoms with Gasteiger partial charge in [-0.15, -0.1) is 0 Å². The lowest BCUT2D eigenvalue weighted by Gasteiger charge is -2.17.